The molecule has 6 heteroatoms. The molecular weight excluding hydrogens is 262 g/mol. The van der Waals surface area contributed by atoms with Crippen LogP contribution in [-0.2, 0) is 5.54 Å². The first kappa shape index (κ1) is 13.8. The van der Waals surface area contributed by atoms with Crippen LogP contribution in [0.4, 0.5) is 5.69 Å². The Morgan fingerprint density at radius 2 is 2.00 bits per heavy atom. The number of nitrogens with zero attached hydrogens (tertiary/aromatic N) is 4. The Balaban J connectivity index is 2.60. The maximum absolute atomic E-state index is 6.06. The monoisotopic (exact) mass is 279 g/mol. The van der Waals surface area contributed by atoms with E-state index in [1.807, 2.05) is 16.8 Å². The molecule has 1 heterocycles. The summed E-state index contributed by atoms with van der Waals surface area (Å²) < 4.78 is 1.84. The second-order valence-electron chi connectivity index (χ2n) is 4.82. The number of nitrogen functional groups attached to an aromatic ring is 1. The van der Waals surface area contributed by atoms with Crippen molar-refractivity contribution in [1.29, 1.82) is 0 Å². The van der Waals surface area contributed by atoms with Crippen molar-refractivity contribution in [2.45, 2.75) is 39.2 Å². The highest BCUT2D eigenvalue weighted by molar-refractivity contribution is 6.33. The number of hydrogen-bond acceptors (Lipinski definition) is 4. The molecule has 0 aliphatic rings. The molecule has 0 saturated carbocycles. The standard InChI is InChI=1S/C13H18ClN5/c1-4-13(3,5-2)19-12(16-17-18-19)9-7-6-8-10(14)11(9)15/h6-8H,4-5,15H2,1-3H3. The largest absolute Gasteiger partial charge is 0.397 e. The molecule has 0 amide bonds. The van der Waals surface area contributed by atoms with Crippen molar-refractivity contribution < 1.29 is 0 Å². The Morgan fingerprint density at radius 3 is 2.63 bits per heavy atom. The average molecular weight is 280 g/mol. The Labute approximate surface area is 117 Å². The van der Waals surface area contributed by atoms with Crippen molar-refractivity contribution in [2.24, 2.45) is 0 Å². The second kappa shape index (κ2) is 5.17. The van der Waals surface area contributed by atoms with Gasteiger partial charge in [0.2, 0.25) is 0 Å². The van der Waals surface area contributed by atoms with Crippen LogP contribution in [0, 0.1) is 0 Å². The summed E-state index contributed by atoms with van der Waals surface area (Å²) in [4.78, 5) is 0. The summed E-state index contributed by atoms with van der Waals surface area (Å²) >= 11 is 6.06. The van der Waals surface area contributed by atoms with Gasteiger partial charge in [0.25, 0.3) is 0 Å². The van der Waals surface area contributed by atoms with Crippen LogP contribution in [0.15, 0.2) is 18.2 Å². The predicted molar refractivity (Wildman–Crippen MR) is 76.9 cm³/mol. The molecule has 0 fully saturated rings. The van der Waals surface area contributed by atoms with Crippen molar-refractivity contribution in [3.63, 3.8) is 0 Å². The number of para-hydroxylation sites is 1. The third kappa shape index (κ3) is 2.30. The van der Waals surface area contributed by atoms with E-state index >= 15 is 0 Å². The van der Waals surface area contributed by atoms with Crippen molar-refractivity contribution in [2.75, 3.05) is 5.73 Å². The molecule has 0 atom stereocenters. The fraction of sp³-hybridized carbons (Fsp3) is 0.462. The quantitative estimate of drug-likeness (QED) is 0.873. The van der Waals surface area contributed by atoms with E-state index in [2.05, 4.69) is 36.3 Å². The van der Waals surface area contributed by atoms with Crippen LogP contribution in [0.1, 0.15) is 33.6 Å². The normalized spacial score (nSPS) is 11.8. The van der Waals surface area contributed by atoms with Crippen LogP contribution >= 0.6 is 11.6 Å². The first-order valence-electron chi connectivity index (χ1n) is 6.36. The summed E-state index contributed by atoms with van der Waals surface area (Å²) in [6.07, 6.45) is 1.87. The van der Waals surface area contributed by atoms with Gasteiger partial charge in [0.1, 0.15) is 0 Å². The molecule has 0 aliphatic heterocycles. The summed E-state index contributed by atoms with van der Waals surface area (Å²) in [5.41, 5.74) is 7.17. The molecule has 0 spiro atoms. The number of halogens is 1. The zero-order chi connectivity index (χ0) is 14.0. The van der Waals surface area contributed by atoms with Gasteiger partial charge in [-0.2, -0.15) is 0 Å². The number of nitrogens with two attached hydrogens (primary N) is 1. The summed E-state index contributed by atoms with van der Waals surface area (Å²) in [5, 5.41) is 12.6. The molecule has 1 aromatic carbocycles. The van der Waals surface area contributed by atoms with Gasteiger partial charge < -0.3 is 5.73 Å². The van der Waals surface area contributed by atoms with E-state index in [0.29, 0.717) is 16.5 Å². The van der Waals surface area contributed by atoms with Crippen LogP contribution in [0.2, 0.25) is 5.02 Å². The van der Waals surface area contributed by atoms with E-state index in [1.165, 1.54) is 0 Å². The lowest BCUT2D eigenvalue weighted by Crippen LogP contribution is -2.30. The summed E-state index contributed by atoms with van der Waals surface area (Å²) in [6.45, 7) is 6.38. The summed E-state index contributed by atoms with van der Waals surface area (Å²) in [7, 11) is 0. The number of aromatic nitrogens is 4. The zero-order valence-corrected chi connectivity index (χ0v) is 12.1. The fourth-order valence-corrected chi connectivity index (χ4v) is 2.17. The maximum atomic E-state index is 6.06. The average Bonchev–Trinajstić information content (AvgIpc) is 2.90. The Bertz CT molecular complexity index is 574. The van der Waals surface area contributed by atoms with E-state index in [-0.39, 0.29) is 5.54 Å². The van der Waals surface area contributed by atoms with E-state index in [0.717, 1.165) is 18.4 Å². The van der Waals surface area contributed by atoms with Gasteiger partial charge in [0.15, 0.2) is 5.82 Å². The van der Waals surface area contributed by atoms with Crippen molar-refractivity contribution in [3.8, 4) is 11.4 Å². The number of benzene rings is 1. The highest BCUT2D eigenvalue weighted by Crippen LogP contribution is 2.33. The molecule has 0 bridgehead atoms. The minimum atomic E-state index is -0.131. The van der Waals surface area contributed by atoms with Crippen LogP contribution < -0.4 is 5.73 Å². The summed E-state index contributed by atoms with van der Waals surface area (Å²) in [5.74, 6) is 0.659. The zero-order valence-electron chi connectivity index (χ0n) is 11.4. The topological polar surface area (TPSA) is 69.6 Å². The van der Waals surface area contributed by atoms with Crippen molar-refractivity contribution in [3.05, 3.63) is 23.2 Å². The van der Waals surface area contributed by atoms with Gasteiger partial charge in [-0.15, -0.1) is 5.10 Å². The number of tetrazole rings is 1. The first-order chi connectivity index (χ1) is 9.03. The van der Waals surface area contributed by atoms with E-state index < -0.39 is 0 Å². The molecule has 2 aromatic rings. The second-order valence-corrected chi connectivity index (χ2v) is 5.23. The Hall–Kier alpha value is -1.62. The molecule has 0 aliphatic carbocycles. The maximum Gasteiger partial charge on any atom is 0.184 e. The summed E-state index contributed by atoms with van der Waals surface area (Å²) in [6, 6.07) is 5.49. The lowest BCUT2D eigenvalue weighted by Gasteiger charge is -2.27. The number of rotatable bonds is 4. The molecule has 2 N–H and O–H groups in total. The molecule has 2 rings (SSSR count). The van der Waals surface area contributed by atoms with Crippen LogP contribution in [-0.4, -0.2) is 20.2 Å². The van der Waals surface area contributed by atoms with E-state index in [4.69, 9.17) is 17.3 Å². The minimum Gasteiger partial charge on any atom is -0.397 e. The molecule has 0 unspecified atom stereocenters. The van der Waals surface area contributed by atoms with Crippen LogP contribution in [0.25, 0.3) is 11.4 Å². The SMILES string of the molecule is CCC(C)(CC)n1nnnc1-c1cccc(Cl)c1N. The third-order valence-electron chi connectivity index (χ3n) is 3.80. The van der Waals surface area contributed by atoms with E-state index in [9.17, 15) is 0 Å². The molecule has 102 valence electrons. The number of hydrogen-bond donors (Lipinski definition) is 1. The first-order valence-corrected chi connectivity index (χ1v) is 6.74. The predicted octanol–water partition coefficient (Wildman–Crippen LogP) is 3.11. The molecule has 0 saturated heterocycles. The Morgan fingerprint density at radius 1 is 1.32 bits per heavy atom. The lowest BCUT2D eigenvalue weighted by atomic mass is 9.95. The molecule has 0 radical (unpaired) electrons. The highest BCUT2D eigenvalue weighted by Gasteiger charge is 2.28. The molecule has 5 nitrogen and oxygen atoms in total. The van der Waals surface area contributed by atoms with Crippen LogP contribution in [0.3, 0.4) is 0 Å². The van der Waals surface area contributed by atoms with Crippen molar-refractivity contribution in [1.82, 2.24) is 20.2 Å². The minimum absolute atomic E-state index is 0.131. The fourth-order valence-electron chi connectivity index (χ4n) is 2.00. The highest BCUT2D eigenvalue weighted by atomic mass is 35.5. The van der Waals surface area contributed by atoms with Gasteiger partial charge in [0, 0.05) is 5.56 Å². The van der Waals surface area contributed by atoms with Crippen LogP contribution in [0.5, 0.6) is 0 Å². The van der Waals surface area contributed by atoms with Gasteiger partial charge in [-0.1, -0.05) is 31.5 Å². The lowest BCUT2D eigenvalue weighted by molar-refractivity contribution is 0.262. The Kier molecular flexibility index (Phi) is 3.75. The molecule has 19 heavy (non-hydrogen) atoms. The van der Waals surface area contributed by atoms with Gasteiger partial charge in [0.05, 0.1) is 16.2 Å². The smallest absolute Gasteiger partial charge is 0.184 e. The van der Waals surface area contributed by atoms with Gasteiger partial charge >= 0.3 is 0 Å². The van der Waals surface area contributed by atoms with Gasteiger partial charge in [-0.3, -0.25) is 0 Å². The number of anilines is 1. The molecule has 1 aromatic heterocycles. The van der Waals surface area contributed by atoms with E-state index in [1.54, 1.807) is 6.07 Å². The van der Waals surface area contributed by atoms with Gasteiger partial charge in [-0.25, -0.2) is 4.68 Å². The third-order valence-corrected chi connectivity index (χ3v) is 4.13. The van der Waals surface area contributed by atoms with Crippen molar-refractivity contribution >= 4 is 17.3 Å². The van der Waals surface area contributed by atoms with Gasteiger partial charge in [-0.05, 0) is 42.3 Å². The molecular formula is C13H18ClN5.